The number of amides is 1. The number of carbonyl (C=O) groups excluding carboxylic acids is 1. The molecule has 1 amide bonds. The zero-order valence-electron chi connectivity index (χ0n) is 11.3. The number of nitrogens with zero attached hydrogens (tertiary/aromatic N) is 2. The molecule has 1 aliphatic rings. The number of aryl methyl sites for hydroxylation is 1. The molecule has 20 heavy (non-hydrogen) atoms. The number of anilines is 1. The predicted octanol–water partition coefficient (Wildman–Crippen LogP) is 1.68. The van der Waals surface area contributed by atoms with E-state index < -0.39 is 0 Å². The summed E-state index contributed by atoms with van der Waals surface area (Å²) < 4.78 is 0. The van der Waals surface area contributed by atoms with Crippen LogP contribution in [0.2, 0.25) is 0 Å². The lowest BCUT2D eigenvalue weighted by Crippen LogP contribution is -2.14. The number of nitrogens with one attached hydrogen (secondary N) is 2. The van der Waals surface area contributed by atoms with Gasteiger partial charge in [0.15, 0.2) is 0 Å². The Morgan fingerprint density at radius 1 is 1.30 bits per heavy atom. The van der Waals surface area contributed by atoms with Crippen LogP contribution in [0, 0.1) is 6.92 Å². The fraction of sp³-hybridized carbons (Fsp3) is 0.267. The Hall–Kier alpha value is -2.43. The highest BCUT2D eigenvalue weighted by atomic mass is 16.2. The van der Waals surface area contributed by atoms with Crippen LogP contribution in [0.5, 0.6) is 0 Å². The van der Waals surface area contributed by atoms with Gasteiger partial charge in [-0.05, 0) is 18.9 Å². The van der Waals surface area contributed by atoms with E-state index in [2.05, 4.69) is 51.8 Å². The van der Waals surface area contributed by atoms with Gasteiger partial charge in [-0.3, -0.25) is 4.79 Å². The normalized spacial score (nSPS) is 12.9. The quantitative estimate of drug-likeness (QED) is 0.885. The molecule has 5 nitrogen and oxygen atoms in total. The molecule has 1 aliphatic heterocycles. The molecular formula is C15H16N4O. The molecule has 102 valence electrons. The summed E-state index contributed by atoms with van der Waals surface area (Å²) in [5.74, 6) is 0.386. The lowest BCUT2D eigenvalue weighted by molar-refractivity contribution is 0.0961. The van der Waals surface area contributed by atoms with Gasteiger partial charge in [-0.1, -0.05) is 29.8 Å². The molecule has 2 N–H and O–H groups in total. The molecule has 5 heteroatoms. The average molecular weight is 268 g/mol. The van der Waals surface area contributed by atoms with Crippen LogP contribution in [-0.4, -0.2) is 22.4 Å². The zero-order chi connectivity index (χ0) is 13.9. The first-order valence-corrected chi connectivity index (χ1v) is 6.66. The second kappa shape index (κ2) is 5.28. The van der Waals surface area contributed by atoms with Crippen molar-refractivity contribution in [1.29, 1.82) is 0 Å². The van der Waals surface area contributed by atoms with Crippen LogP contribution in [0.15, 0.2) is 30.5 Å². The van der Waals surface area contributed by atoms with E-state index in [9.17, 15) is 4.79 Å². The average Bonchev–Trinajstić information content (AvgIpc) is 2.83. The fourth-order valence-electron chi connectivity index (χ4n) is 2.15. The van der Waals surface area contributed by atoms with Crippen molar-refractivity contribution in [2.24, 2.45) is 0 Å². The Bertz CT molecular complexity index is 637. The Morgan fingerprint density at radius 2 is 2.10 bits per heavy atom. The van der Waals surface area contributed by atoms with Crippen LogP contribution in [0.25, 0.3) is 0 Å². The van der Waals surface area contributed by atoms with Crippen LogP contribution >= 0.6 is 0 Å². The van der Waals surface area contributed by atoms with Crippen molar-refractivity contribution >= 4 is 11.9 Å². The molecule has 2 heterocycles. The van der Waals surface area contributed by atoms with Crippen molar-refractivity contribution in [2.45, 2.75) is 19.9 Å². The summed E-state index contributed by atoms with van der Waals surface area (Å²) in [6.07, 6.45) is 2.60. The largest absolute Gasteiger partial charge is 0.354 e. The van der Waals surface area contributed by atoms with Crippen molar-refractivity contribution in [1.82, 2.24) is 15.3 Å². The third-order valence-electron chi connectivity index (χ3n) is 3.34. The summed E-state index contributed by atoms with van der Waals surface area (Å²) >= 11 is 0. The van der Waals surface area contributed by atoms with E-state index in [1.54, 1.807) is 6.20 Å². The van der Waals surface area contributed by atoms with Crippen molar-refractivity contribution in [3.05, 3.63) is 52.8 Å². The standard InChI is InChI=1S/C15H16N4O/c1-10-2-4-11(5-3-10)6-7-16-15-18-9-12-8-17-14(20)13(12)19-15/h2-5,9H,6-8H2,1H3,(H,17,20)(H,16,18,19). The molecule has 3 rings (SSSR count). The van der Waals surface area contributed by atoms with Gasteiger partial charge in [0.05, 0.1) is 0 Å². The topological polar surface area (TPSA) is 66.9 Å². The predicted molar refractivity (Wildman–Crippen MR) is 76.6 cm³/mol. The second-order valence-electron chi connectivity index (χ2n) is 4.91. The van der Waals surface area contributed by atoms with Crippen molar-refractivity contribution in [3.63, 3.8) is 0 Å². The molecule has 0 atom stereocenters. The monoisotopic (exact) mass is 268 g/mol. The lowest BCUT2D eigenvalue weighted by atomic mass is 10.1. The van der Waals surface area contributed by atoms with Gasteiger partial charge in [0, 0.05) is 24.8 Å². The van der Waals surface area contributed by atoms with Crippen molar-refractivity contribution in [3.8, 4) is 0 Å². The number of benzene rings is 1. The number of rotatable bonds is 4. The van der Waals surface area contributed by atoms with E-state index in [1.807, 2.05) is 0 Å². The Balaban J connectivity index is 1.60. The first-order valence-electron chi connectivity index (χ1n) is 6.66. The van der Waals surface area contributed by atoms with Gasteiger partial charge < -0.3 is 10.6 Å². The van der Waals surface area contributed by atoms with Gasteiger partial charge in [0.2, 0.25) is 5.95 Å². The first-order chi connectivity index (χ1) is 9.72. The minimum Gasteiger partial charge on any atom is -0.354 e. The molecule has 0 saturated heterocycles. The number of carbonyl (C=O) groups is 1. The van der Waals surface area contributed by atoms with Gasteiger partial charge in [0.1, 0.15) is 5.69 Å². The van der Waals surface area contributed by atoms with E-state index >= 15 is 0 Å². The fourth-order valence-corrected chi connectivity index (χ4v) is 2.15. The maximum absolute atomic E-state index is 11.5. The van der Waals surface area contributed by atoms with Gasteiger partial charge in [-0.25, -0.2) is 9.97 Å². The number of fused-ring (bicyclic) bond motifs is 1. The van der Waals surface area contributed by atoms with Crippen LogP contribution in [-0.2, 0) is 13.0 Å². The van der Waals surface area contributed by atoms with Crippen LogP contribution in [0.3, 0.4) is 0 Å². The van der Waals surface area contributed by atoms with E-state index in [4.69, 9.17) is 0 Å². The highest BCUT2D eigenvalue weighted by molar-refractivity contribution is 5.96. The van der Waals surface area contributed by atoms with Gasteiger partial charge >= 0.3 is 0 Å². The van der Waals surface area contributed by atoms with E-state index in [0.717, 1.165) is 18.5 Å². The Labute approximate surface area is 117 Å². The number of hydrogen-bond donors (Lipinski definition) is 2. The molecule has 1 aromatic carbocycles. The summed E-state index contributed by atoms with van der Waals surface area (Å²) in [4.78, 5) is 20.0. The maximum atomic E-state index is 11.5. The number of hydrogen-bond acceptors (Lipinski definition) is 4. The van der Waals surface area contributed by atoms with Gasteiger partial charge in [-0.15, -0.1) is 0 Å². The summed E-state index contributed by atoms with van der Waals surface area (Å²) in [5, 5.41) is 5.89. The maximum Gasteiger partial charge on any atom is 0.270 e. The Kier molecular flexibility index (Phi) is 3.33. The minimum atomic E-state index is -0.121. The molecule has 0 aliphatic carbocycles. The smallest absolute Gasteiger partial charge is 0.270 e. The zero-order valence-corrected chi connectivity index (χ0v) is 11.3. The molecule has 1 aromatic heterocycles. The summed E-state index contributed by atoms with van der Waals surface area (Å²) in [6.45, 7) is 3.34. The lowest BCUT2D eigenvalue weighted by Gasteiger charge is -2.06. The van der Waals surface area contributed by atoms with Crippen molar-refractivity contribution in [2.75, 3.05) is 11.9 Å². The second-order valence-corrected chi connectivity index (χ2v) is 4.91. The summed E-state index contributed by atoms with van der Waals surface area (Å²) in [7, 11) is 0. The third-order valence-corrected chi connectivity index (χ3v) is 3.34. The van der Waals surface area contributed by atoms with Crippen LogP contribution in [0.1, 0.15) is 27.2 Å². The molecule has 2 aromatic rings. The summed E-state index contributed by atoms with van der Waals surface area (Å²) in [5.41, 5.74) is 3.87. The van der Waals surface area contributed by atoms with Gasteiger partial charge in [0.25, 0.3) is 5.91 Å². The van der Waals surface area contributed by atoms with Crippen LogP contribution in [0.4, 0.5) is 5.95 Å². The molecular weight excluding hydrogens is 252 g/mol. The highest BCUT2D eigenvalue weighted by Crippen LogP contribution is 2.13. The minimum absolute atomic E-state index is 0.121. The molecule has 0 bridgehead atoms. The van der Waals surface area contributed by atoms with E-state index in [-0.39, 0.29) is 5.91 Å². The highest BCUT2D eigenvalue weighted by Gasteiger charge is 2.21. The van der Waals surface area contributed by atoms with E-state index in [0.29, 0.717) is 18.2 Å². The summed E-state index contributed by atoms with van der Waals surface area (Å²) in [6, 6.07) is 8.44. The first kappa shape index (κ1) is 12.6. The molecule has 0 saturated carbocycles. The van der Waals surface area contributed by atoms with Crippen molar-refractivity contribution < 1.29 is 4.79 Å². The SMILES string of the molecule is Cc1ccc(CCNc2ncc3c(n2)C(=O)NC3)cc1. The molecule has 0 fully saturated rings. The van der Waals surface area contributed by atoms with Gasteiger partial charge in [-0.2, -0.15) is 0 Å². The van der Waals surface area contributed by atoms with E-state index in [1.165, 1.54) is 11.1 Å². The van der Waals surface area contributed by atoms with Crippen LogP contribution < -0.4 is 10.6 Å². The molecule has 0 radical (unpaired) electrons. The molecule has 0 spiro atoms. The Morgan fingerprint density at radius 3 is 2.90 bits per heavy atom. The number of aromatic nitrogens is 2. The molecule has 0 unspecified atom stereocenters. The third kappa shape index (κ3) is 2.61.